The topological polar surface area (TPSA) is 873 Å². The molecule has 0 saturated carbocycles. The van der Waals surface area contributed by atoms with Crippen LogP contribution in [0.3, 0.4) is 0 Å². The lowest BCUT2D eigenvalue weighted by Crippen LogP contribution is -2.61. The number of amides is 16. The second-order valence-corrected chi connectivity index (χ2v) is 34.5. The number of aliphatic hydroxyl groups is 1. The number of primary amides is 1. The Kier molecular flexibility index (Phi) is 55.6. The predicted octanol–water partition coefficient (Wildman–Crippen LogP) is -7.17. The monoisotopic (exact) mass is 1970 g/mol. The van der Waals surface area contributed by atoms with Crippen molar-refractivity contribution in [1.29, 1.82) is 16.2 Å². The van der Waals surface area contributed by atoms with Crippen molar-refractivity contribution in [3.05, 3.63) is 72.1 Å². The second kappa shape index (κ2) is 65.4. The number of carbonyl (C=O) groups excluding carboxylic acids is 16. The van der Waals surface area contributed by atoms with Gasteiger partial charge in [-0.25, -0.2) is 0 Å². The van der Waals surface area contributed by atoms with E-state index in [0.717, 1.165) is 10.9 Å². The van der Waals surface area contributed by atoms with Crippen LogP contribution < -0.4 is 153 Å². The summed E-state index contributed by atoms with van der Waals surface area (Å²) in [6.45, 7) is 5.44. The smallest absolute Gasteiger partial charge is 0.245 e. The molecule has 4 aromatic rings. The van der Waals surface area contributed by atoms with E-state index in [2.05, 4.69) is 106 Å². The molecule has 0 unspecified atom stereocenters. The van der Waals surface area contributed by atoms with Gasteiger partial charge in [-0.05, 0) is 237 Å². The van der Waals surface area contributed by atoms with E-state index in [0.29, 0.717) is 86.4 Å². The second-order valence-electron chi connectivity index (χ2n) is 34.5. The molecule has 44 N–H and O–H groups in total. The fourth-order valence-electron chi connectivity index (χ4n) is 15.1. The average molecular weight is 1970 g/mol. The van der Waals surface area contributed by atoms with Crippen molar-refractivity contribution >= 4 is 134 Å². The number of aromatic amines is 2. The number of H-pyrrole nitrogens is 2. The lowest BCUT2D eigenvalue weighted by molar-refractivity contribution is -0.136. The molecule has 50 heteroatoms. The predicted molar refractivity (Wildman–Crippen MR) is 527 cm³/mol. The van der Waals surface area contributed by atoms with Crippen molar-refractivity contribution in [1.82, 2.24) is 106 Å². The highest BCUT2D eigenvalue weighted by Crippen LogP contribution is 2.23. The molecule has 0 spiro atoms. The molecule has 50 nitrogen and oxygen atoms in total. The largest absolute Gasteiger partial charge is 0.394 e. The highest BCUT2D eigenvalue weighted by Gasteiger charge is 2.39. The van der Waals surface area contributed by atoms with Gasteiger partial charge in [0.25, 0.3) is 0 Å². The number of unbranched alkanes of at least 4 members (excludes halogenated alkanes) is 6. The highest BCUT2D eigenvalue weighted by molar-refractivity contribution is 6.01. The Balaban J connectivity index is 1.61. The van der Waals surface area contributed by atoms with Gasteiger partial charge in [0, 0.05) is 73.6 Å². The number of benzene rings is 2. The number of hydrogen-bond donors (Lipinski definition) is 34. The van der Waals surface area contributed by atoms with Crippen LogP contribution in [-0.2, 0) is 89.6 Å². The summed E-state index contributed by atoms with van der Waals surface area (Å²) in [5.41, 5.74) is 60.1. The summed E-state index contributed by atoms with van der Waals surface area (Å²) in [4.78, 5) is 234. The van der Waals surface area contributed by atoms with Crippen LogP contribution in [0.2, 0.25) is 0 Å². The van der Waals surface area contributed by atoms with E-state index >= 15 is 4.79 Å². The van der Waals surface area contributed by atoms with Crippen molar-refractivity contribution in [2.45, 2.75) is 285 Å². The molecular formula is C90H153N33O17. The fourth-order valence-corrected chi connectivity index (χ4v) is 15.1. The van der Waals surface area contributed by atoms with E-state index in [1.165, 1.54) is 27.7 Å². The molecule has 2 aromatic carbocycles. The number of aromatic nitrogens is 2. The van der Waals surface area contributed by atoms with Gasteiger partial charge in [-0.2, -0.15) is 0 Å². The third-order valence-electron chi connectivity index (χ3n) is 23.0. The molecule has 0 saturated heterocycles. The van der Waals surface area contributed by atoms with Crippen LogP contribution in [0.4, 0.5) is 0 Å². The molecule has 16 amide bonds. The van der Waals surface area contributed by atoms with Gasteiger partial charge in [0.15, 0.2) is 17.9 Å². The summed E-state index contributed by atoms with van der Waals surface area (Å²) in [6, 6.07) is -6.89. The number of para-hydroxylation sites is 2. The molecule has 0 aliphatic heterocycles. The van der Waals surface area contributed by atoms with Crippen molar-refractivity contribution in [3.8, 4) is 0 Å². The Hall–Kier alpha value is -13.4. The Morgan fingerprint density at radius 3 is 0.750 bits per heavy atom. The first kappa shape index (κ1) is 119. The van der Waals surface area contributed by atoms with Crippen molar-refractivity contribution in [2.24, 2.45) is 57.3 Å². The van der Waals surface area contributed by atoms with Crippen LogP contribution in [0.15, 0.2) is 60.9 Å². The van der Waals surface area contributed by atoms with E-state index in [1.807, 2.05) is 24.3 Å². The van der Waals surface area contributed by atoms with Gasteiger partial charge in [0.05, 0.1) is 6.61 Å². The molecule has 780 valence electrons. The van der Waals surface area contributed by atoms with Crippen molar-refractivity contribution < 1.29 is 81.8 Å². The van der Waals surface area contributed by atoms with Crippen molar-refractivity contribution in [2.75, 3.05) is 65.5 Å². The SMILES string of the molecule is CC(=O)N[C@@H](CCCCN)C(=O)N[C@@H](CCCNC(=N)N)C(=O)N[C@@H](CCCCN)C(=O)N[C@@H](C)C(=O)N[C@@H](CO)C(=O)N[C@@H](CCCCN)C(=O)N[C@@H](CCCNC(=N)N)C(=O)N[C@@H](CCCCN)C(=O)N[C@@H](C)C(=O)N[C@@H](Cc1c[nH]c2ccccc12)C(=O)N[C@@H](CCCCN)C(=O)N[C@@H](CCCNC(=N)N)C(=O)N[C@@H](CCCCN)C(=O)N[C@@H](C)C(=O)N[C@@H](Cc1c[nH]c2ccccc12)C(N)=O. The summed E-state index contributed by atoms with van der Waals surface area (Å²) >= 11 is 0. The third-order valence-corrected chi connectivity index (χ3v) is 23.0. The number of nitrogens with one attached hydrogen (secondary N) is 23. The summed E-state index contributed by atoms with van der Waals surface area (Å²) in [5.74, 6) is -15.1. The Morgan fingerprint density at radius 1 is 0.286 bits per heavy atom. The van der Waals surface area contributed by atoms with Gasteiger partial charge in [0.1, 0.15) is 90.6 Å². The standard InChI is InChI=1S/C90H153N33O17/c1-51(74(127)121-70(73(97)126)46-55-48-107-59-26-7-5-24-57(55)59)109-77(130)62(29-10-16-38-92)114-84(137)68(35-22-44-105-89(100)101)117-81(134)65(32-13-19-41-95)119-86(139)71(47-56-49-108-60-27-8-6-25-58(56)60)122-75(128)52(2)110-78(131)63(30-11-17-39-93)115-85(138)69(36-23-45-106-90(102)103)118-82(135)66(33-14-20-42-96)120-87(140)72(50-124)123-76(129)53(3)111-79(132)64(31-12-18-40-94)113-83(136)67(34-21-43-104-88(98)99)116-80(133)61(112-54(4)125)28-9-15-37-91/h5-8,24-27,48-49,51-53,61-72,107-108,124H,9-23,28-47,50,91-96H2,1-4H3,(H2,97,126)(H,109,130)(H,110,131)(H,111,132)(H,112,125)(H,113,136)(H,114,137)(H,115,138)(H,116,133)(H,117,134)(H,118,135)(H,119,139)(H,120,140)(H,121,127)(H,122,128)(H,123,129)(H4,98,99,104)(H4,100,101,105)(H4,102,103,106)/t51-,52-,53-,61-,62-,63-,64-,65-,66-,67-,68-,69-,70-,71-,72-/m0/s1. The minimum absolute atomic E-state index is 0.000264. The quantitative estimate of drug-likeness (QED) is 0.0111. The van der Waals surface area contributed by atoms with Crippen LogP contribution in [-0.4, -0.2) is 284 Å². The Bertz CT molecular complexity index is 4690. The van der Waals surface area contributed by atoms with Crippen LogP contribution >= 0.6 is 0 Å². The molecule has 15 atom stereocenters. The zero-order valence-electron chi connectivity index (χ0n) is 80.6. The number of hydrogen-bond acceptors (Lipinski definition) is 26. The van der Waals surface area contributed by atoms with Gasteiger partial charge in [-0.1, -0.05) is 36.4 Å². The fraction of sp³-hybridized carbons (Fsp3) is 0.611. The van der Waals surface area contributed by atoms with E-state index < -0.39 is 198 Å². The van der Waals surface area contributed by atoms with Crippen LogP contribution in [0, 0.1) is 16.2 Å². The number of guanidine groups is 3. The molecule has 0 fully saturated rings. The number of rotatable bonds is 71. The molecule has 140 heavy (non-hydrogen) atoms. The van der Waals surface area contributed by atoms with Gasteiger partial charge in [-0.15, -0.1) is 0 Å². The maximum Gasteiger partial charge on any atom is 0.245 e. The summed E-state index contributed by atoms with van der Waals surface area (Å²) in [6.07, 6.45) is 7.00. The van der Waals surface area contributed by atoms with Crippen LogP contribution in [0.5, 0.6) is 0 Å². The van der Waals surface area contributed by atoms with Crippen molar-refractivity contribution in [3.63, 3.8) is 0 Å². The first-order valence-electron chi connectivity index (χ1n) is 47.8. The number of fused-ring (bicyclic) bond motifs is 2. The first-order valence-corrected chi connectivity index (χ1v) is 47.8. The zero-order chi connectivity index (χ0) is 104. The summed E-state index contributed by atoms with van der Waals surface area (Å²) < 4.78 is 0. The highest BCUT2D eigenvalue weighted by atomic mass is 16.3. The zero-order valence-corrected chi connectivity index (χ0v) is 80.6. The summed E-state index contributed by atoms with van der Waals surface area (Å²) in [7, 11) is 0. The number of aliphatic hydroxyl groups excluding tert-OH is 1. The molecule has 4 rings (SSSR count). The minimum Gasteiger partial charge on any atom is -0.394 e. The lowest BCUT2D eigenvalue weighted by atomic mass is 10.0. The number of nitrogens with two attached hydrogens (primary N) is 10. The molecule has 0 aliphatic rings. The molecule has 2 heterocycles. The van der Waals surface area contributed by atoms with E-state index in [1.54, 1.807) is 36.7 Å². The summed E-state index contributed by atoms with van der Waals surface area (Å²) in [5, 5.41) is 82.6. The molecule has 0 aliphatic carbocycles. The molecular weight excluding hydrogens is 1820 g/mol. The molecule has 0 radical (unpaired) electrons. The van der Waals surface area contributed by atoms with Gasteiger partial charge < -0.3 is 168 Å². The van der Waals surface area contributed by atoms with Gasteiger partial charge in [-0.3, -0.25) is 92.9 Å². The average Bonchev–Trinajstić information content (AvgIpc) is 1.68. The lowest BCUT2D eigenvalue weighted by Gasteiger charge is -2.28. The molecule has 0 bridgehead atoms. The van der Waals surface area contributed by atoms with Crippen LogP contribution in [0.25, 0.3) is 21.8 Å². The van der Waals surface area contributed by atoms with Crippen LogP contribution in [0.1, 0.15) is 193 Å². The van der Waals surface area contributed by atoms with E-state index in [9.17, 15) is 77.0 Å². The Morgan fingerprint density at radius 2 is 0.500 bits per heavy atom. The van der Waals surface area contributed by atoms with Gasteiger partial charge in [0.2, 0.25) is 94.5 Å². The normalized spacial score (nSPS) is 14.4. The van der Waals surface area contributed by atoms with Gasteiger partial charge >= 0.3 is 0 Å². The maximum absolute atomic E-state index is 15.2. The first-order chi connectivity index (χ1) is 66.8. The third kappa shape index (κ3) is 44.1. The van der Waals surface area contributed by atoms with E-state index in [-0.39, 0.29) is 173 Å². The minimum atomic E-state index is -1.80. The molecule has 2 aromatic heterocycles. The number of carbonyl (C=O) groups is 16. The Labute approximate surface area is 814 Å². The maximum atomic E-state index is 15.2. The van der Waals surface area contributed by atoms with E-state index in [4.69, 9.17) is 73.6 Å².